The number of hydrogen-bond donors (Lipinski definition) is 2. The third-order valence-corrected chi connectivity index (χ3v) is 4.55. The normalized spacial score (nSPS) is 17.5. The lowest BCUT2D eigenvalue weighted by Gasteiger charge is -2.24. The lowest BCUT2D eigenvalue weighted by molar-refractivity contribution is 0.241. The van der Waals surface area contributed by atoms with Crippen molar-refractivity contribution in [1.82, 2.24) is 35.0 Å². The van der Waals surface area contributed by atoms with E-state index in [1.54, 1.807) is 18.6 Å². The van der Waals surface area contributed by atoms with Gasteiger partial charge in [0.15, 0.2) is 5.82 Å². The Hall–Kier alpha value is -2.87. The summed E-state index contributed by atoms with van der Waals surface area (Å²) in [6.07, 6.45) is 7.41. The highest BCUT2D eigenvalue weighted by atomic mass is 15.2. The van der Waals surface area contributed by atoms with Crippen LogP contribution in [0.3, 0.4) is 0 Å². The van der Waals surface area contributed by atoms with Crippen molar-refractivity contribution in [3.63, 3.8) is 0 Å². The predicted molar refractivity (Wildman–Crippen MR) is 97.8 cm³/mol. The average Bonchev–Trinajstić information content (AvgIpc) is 3.27. The third-order valence-electron chi connectivity index (χ3n) is 4.55. The molecule has 1 saturated heterocycles. The van der Waals surface area contributed by atoms with E-state index in [1.165, 1.54) is 0 Å². The zero-order valence-corrected chi connectivity index (χ0v) is 15.0. The van der Waals surface area contributed by atoms with Crippen LogP contribution in [0.2, 0.25) is 0 Å². The summed E-state index contributed by atoms with van der Waals surface area (Å²) in [4.78, 5) is 20.5. The monoisotopic (exact) mass is 350 g/mol. The molecule has 134 valence electrons. The maximum atomic E-state index is 4.63. The number of aromatic nitrogens is 6. The maximum Gasteiger partial charge on any atom is 0.228 e. The van der Waals surface area contributed by atoms with E-state index < -0.39 is 0 Å². The van der Waals surface area contributed by atoms with Gasteiger partial charge in [-0.15, -0.1) is 0 Å². The van der Waals surface area contributed by atoms with Crippen molar-refractivity contribution >= 4 is 11.8 Å². The van der Waals surface area contributed by atoms with Gasteiger partial charge in [-0.3, -0.25) is 15.0 Å². The summed E-state index contributed by atoms with van der Waals surface area (Å²) in [5, 5.41) is 10.4. The molecule has 0 aliphatic carbocycles. The first-order valence-electron chi connectivity index (χ1n) is 8.81. The molecule has 3 aromatic heterocycles. The molecule has 0 amide bonds. The molecule has 0 spiro atoms. The number of rotatable bonds is 5. The van der Waals surface area contributed by atoms with E-state index in [9.17, 15) is 0 Å². The molecular weight excluding hydrogens is 328 g/mol. The summed E-state index contributed by atoms with van der Waals surface area (Å²) in [5.74, 6) is 1.28. The Labute approximate surface area is 152 Å². The summed E-state index contributed by atoms with van der Waals surface area (Å²) >= 11 is 0. The minimum atomic E-state index is 0.209. The highest BCUT2D eigenvalue weighted by Crippen LogP contribution is 2.35. The molecule has 8 nitrogen and oxygen atoms in total. The molecule has 4 heterocycles. The van der Waals surface area contributed by atoms with Crippen molar-refractivity contribution in [3.05, 3.63) is 53.5 Å². The van der Waals surface area contributed by atoms with Gasteiger partial charge in [-0.2, -0.15) is 5.10 Å². The Morgan fingerprint density at radius 3 is 2.73 bits per heavy atom. The van der Waals surface area contributed by atoms with Crippen LogP contribution in [0, 0.1) is 13.8 Å². The minimum Gasteiger partial charge on any atom is -0.307 e. The maximum absolute atomic E-state index is 4.63. The van der Waals surface area contributed by atoms with E-state index in [4.69, 9.17) is 0 Å². The average molecular weight is 350 g/mol. The molecule has 1 atom stereocenters. The third kappa shape index (κ3) is 3.55. The summed E-state index contributed by atoms with van der Waals surface area (Å²) in [6, 6.07) is 4.17. The van der Waals surface area contributed by atoms with E-state index in [2.05, 4.69) is 40.3 Å². The summed E-state index contributed by atoms with van der Waals surface area (Å²) < 4.78 is 0. The van der Waals surface area contributed by atoms with Gasteiger partial charge in [0.25, 0.3) is 0 Å². The smallest absolute Gasteiger partial charge is 0.228 e. The van der Waals surface area contributed by atoms with Crippen molar-refractivity contribution in [2.75, 3.05) is 11.9 Å². The van der Waals surface area contributed by atoms with Gasteiger partial charge in [0, 0.05) is 42.2 Å². The molecule has 26 heavy (non-hydrogen) atoms. The van der Waals surface area contributed by atoms with Crippen LogP contribution in [-0.2, 0) is 6.54 Å². The highest BCUT2D eigenvalue weighted by molar-refractivity contribution is 5.52. The van der Waals surface area contributed by atoms with Gasteiger partial charge in [0.1, 0.15) is 5.69 Å². The number of nitrogens with zero attached hydrogens (tertiary/aromatic N) is 6. The summed E-state index contributed by atoms with van der Waals surface area (Å²) in [5.41, 5.74) is 3.89. The zero-order chi connectivity index (χ0) is 17.9. The van der Waals surface area contributed by atoms with E-state index in [1.807, 2.05) is 26.0 Å². The van der Waals surface area contributed by atoms with Crippen LogP contribution >= 0.6 is 0 Å². The standard InChI is InChI=1S/C18H22N8/c1-12-10-13(2)23-18(22-12)24-17-16(19-7-8-20-17)15-4-3-9-26(15)11-14-5-6-21-25-14/h5-8,10,15H,3-4,9,11H2,1-2H3,(H,21,25)(H,20,22,23,24). The van der Waals surface area contributed by atoms with Crippen molar-refractivity contribution < 1.29 is 0 Å². The number of aryl methyl sites for hydroxylation is 2. The van der Waals surface area contributed by atoms with Crippen molar-refractivity contribution in [2.45, 2.75) is 39.3 Å². The van der Waals surface area contributed by atoms with Gasteiger partial charge in [0.2, 0.25) is 5.95 Å². The minimum absolute atomic E-state index is 0.209. The Morgan fingerprint density at radius 2 is 1.96 bits per heavy atom. The summed E-state index contributed by atoms with van der Waals surface area (Å²) in [6.45, 7) is 5.77. The zero-order valence-electron chi connectivity index (χ0n) is 15.0. The molecule has 0 bridgehead atoms. The first-order chi connectivity index (χ1) is 12.7. The Kier molecular flexibility index (Phi) is 4.57. The molecule has 1 aliphatic rings. The van der Waals surface area contributed by atoms with Gasteiger partial charge in [-0.05, 0) is 45.4 Å². The number of likely N-dealkylation sites (tertiary alicyclic amines) is 1. The summed E-state index contributed by atoms with van der Waals surface area (Å²) in [7, 11) is 0. The van der Waals surface area contributed by atoms with Gasteiger partial charge >= 0.3 is 0 Å². The molecule has 2 N–H and O–H groups in total. The molecule has 1 fully saturated rings. The predicted octanol–water partition coefficient (Wildman–Crippen LogP) is 2.69. The lowest BCUT2D eigenvalue weighted by Crippen LogP contribution is -2.24. The second-order valence-corrected chi connectivity index (χ2v) is 6.60. The second-order valence-electron chi connectivity index (χ2n) is 6.60. The van der Waals surface area contributed by atoms with Crippen LogP contribution in [0.4, 0.5) is 11.8 Å². The van der Waals surface area contributed by atoms with Crippen LogP contribution < -0.4 is 5.32 Å². The molecule has 0 aromatic carbocycles. The van der Waals surface area contributed by atoms with E-state index in [0.29, 0.717) is 5.95 Å². The van der Waals surface area contributed by atoms with Gasteiger partial charge in [-0.1, -0.05) is 0 Å². The van der Waals surface area contributed by atoms with Crippen LogP contribution in [-0.4, -0.2) is 41.6 Å². The van der Waals surface area contributed by atoms with Crippen LogP contribution in [0.1, 0.15) is 41.7 Å². The lowest BCUT2D eigenvalue weighted by atomic mass is 10.1. The van der Waals surface area contributed by atoms with Gasteiger partial charge in [-0.25, -0.2) is 15.0 Å². The molecule has 0 radical (unpaired) electrons. The number of nitrogens with one attached hydrogen (secondary N) is 2. The SMILES string of the molecule is Cc1cc(C)nc(Nc2nccnc2C2CCCN2Cc2ccn[nH]2)n1. The van der Waals surface area contributed by atoms with E-state index in [0.717, 1.165) is 54.5 Å². The van der Waals surface area contributed by atoms with Crippen molar-refractivity contribution in [3.8, 4) is 0 Å². The largest absolute Gasteiger partial charge is 0.307 e. The first kappa shape index (κ1) is 16.6. The fourth-order valence-electron chi connectivity index (χ4n) is 3.49. The van der Waals surface area contributed by atoms with Gasteiger partial charge < -0.3 is 5.32 Å². The molecule has 1 aliphatic heterocycles. The number of anilines is 2. The quantitative estimate of drug-likeness (QED) is 0.730. The van der Waals surface area contributed by atoms with Crippen LogP contribution in [0.25, 0.3) is 0 Å². The molecule has 3 aromatic rings. The Balaban J connectivity index is 1.60. The molecule has 8 heteroatoms. The molecule has 1 unspecified atom stereocenters. The topological polar surface area (TPSA) is 95.5 Å². The number of hydrogen-bond acceptors (Lipinski definition) is 7. The number of aromatic amines is 1. The molecular formula is C18H22N8. The highest BCUT2D eigenvalue weighted by Gasteiger charge is 2.30. The fraction of sp³-hybridized carbons (Fsp3) is 0.389. The van der Waals surface area contributed by atoms with Crippen LogP contribution in [0.5, 0.6) is 0 Å². The van der Waals surface area contributed by atoms with Crippen LogP contribution in [0.15, 0.2) is 30.7 Å². The van der Waals surface area contributed by atoms with E-state index in [-0.39, 0.29) is 6.04 Å². The van der Waals surface area contributed by atoms with Crippen molar-refractivity contribution in [2.24, 2.45) is 0 Å². The molecule has 4 rings (SSSR count). The van der Waals surface area contributed by atoms with E-state index >= 15 is 0 Å². The van der Waals surface area contributed by atoms with Gasteiger partial charge in [0.05, 0.1) is 6.04 Å². The second kappa shape index (κ2) is 7.17. The fourth-order valence-corrected chi connectivity index (χ4v) is 3.49. The first-order valence-corrected chi connectivity index (χ1v) is 8.81. The Morgan fingerprint density at radius 1 is 1.15 bits per heavy atom. The Bertz CT molecular complexity index is 856. The molecule has 0 saturated carbocycles. The number of H-pyrrole nitrogens is 1. The van der Waals surface area contributed by atoms with Crippen molar-refractivity contribution in [1.29, 1.82) is 0 Å².